The van der Waals surface area contributed by atoms with Gasteiger partial charge in [0.05, 0.1) is 11.0 Å². The van der Waals surface area contributed by atoms with Crippen LogP contribution < -0.4 is 0 Å². The van der Waals surface area contributed by atoms with E-state index < -0.39 is 0 Å². The van der Waals surface area contributed by atoms with Gasteiger partial charge in [0.15, 0.2) is 0 Å². The number of aliphatic hydroxyl groups excluding tert-OH is 1. The summed E-state index contributed by atoms with van der Waals surface area (Å²) in [6.45, 7) is 6.30. The normalized spacial score (nSPS) is 11.6. The Morgan fingerprint density at radius 1 is 1.41 bits per heavy atom. The van der Waals surface area contributed by atoms with Crippen molar-refractivity contribution in [2.45, 2.75) is 39.8 Å². The summed E-state index contributed by atoms with van der Waals surface area (Å²) >= 11 is 3.59. The molecule has 0 aliphatic rings. The Morgan fingerprint density at radius 3 is 2.65 bits per heavy atom. The Hall–Kier alpha value is -0.870. The fourth-order valence-electron chi connectivity index (χ4n) is 2.17. The van der Waals surface area contributed by atoms with Gasteiger partial charge in [-0.2, -0.15) is 0 Å². The summed E-state index contributed by atoms with van der Waals surface area (Å²) in [6.07, 6.45) is 0.972. The second-order valence-corrected chi connectivity index (χ2v) is 5.29. The molecule has 1 heterocycles. The molecule has 1 N–H and O–H groups in total. The predicted molar refractivity (Wildman–Crippen MR) is 73.1 cm³/mol. The number of imidazole rings is 1. The van der Waals surface area contributed by atoms with Crippen LogP contribution in [0.2, 0.25) is 0 Å². The molecule has 2 aromatic rings. The first kappa shape index (κ1) is 12.6. The molecule has 0 radical (unpaired) electrons. The molecule has 17 heavy (non-hydrogen) atoms. The molecule has 0 saturated carbocycles. The zero-order valence-electron chi connectivity index (χ0n) is 10.4. The van der Waals surface area contributed by atoms with Gasteiger partial charge in [-0.15, -0.1) is 0 Å². The van der Waals surface area contributed by atoms with Gasteiger partial charge in [-0.25, -0.2) is 4.98 Å². The first-order valence-electron chi connectivity index (χ1n) is 5.88. The summed E-state index contributed by atoms with van der Waals surface area (Å²) in [7, 11) is 0. The van der Waals surface area contributed by atoms with Gasteiger partial charge in [0.25, 0.3) is 0 Å². The molecule has 92 valence electrons. The smallest absolute Gasteiger partial charge is 0.135 e. The van der Waals surface area contributed by atoms with E-state index in [1.807, 2.05) is 0 Å². The maximum Gasteiger partial charge on any atom is 0.135 e. The summed E-state index contributed by atoms with van der Waals surface area (Å²) < 4.78 is 3.19. The summed E-state index contributed by atoms with van der Waals surface area (Å²) in [5, 5.41) is 9.37. The highest BCUT2D eigenvalue weighted by atomic mass is 79.9. The van der Waals surface area contributed by atoms with Gasteiger partial charge in [-0.05, 0) is 38.0 Å². The van der Waals surface area contributed by atoms with Crippen LogP contribution in [0.25, 0.3) is 11.0 Å². The van der Waals surface area contributed by atoms with Crippen molar-refractivity contribution < 1.29 is 5.11 Å². The molecule has 1 aromatic carbocycles. The monoisotopic (exact) mass is 296 g/mol. The topological polar surface area (TPSA) is 38.1 Å². The first-order valence-corrected chi connectivity index (χ1v) is 6.67. The van der Waals surface area contributed by atoms with E-state index in [1.54, 1.807) is 0 Å². The van der Waals surface area contributed by atoms with Crippen LogP contribution >= 0.6 is 15.9 Å². The fourth-order valence-corrected chi connectivity index (χ4v) is 2.78. The van der Waals surface area contributed by atoms with Crippen molar-refractivity contribution in [2.75, 3.05) is 0 Å². The highest BCUT2D eigenvalue weighted by Crippen LogP contribution is 2.27. The third-order valence-electron chi connectivity index (χ3n) is 2.97. The number of aromatic nitrogens is 2. The largest absolute Gasteiger partial charge is 0.388 e. The second kappa shape index (κ2) is 4.78. The molecule has 4 heteroatoms. The van der Waals surface area contributed by atoms with Crippen molar-refractivity contribution in [1.82, 2.24) is 9.55 Å². The van der Waals surface area contributed by atoms with Crippen molar-refractivity contribution >= 4 is 27.0 Å². The highest BCUT2D eigenvalue weighted by Gasteiger charge is 2.14. The minimum atomic E-state index is -0.0219. The molecule has 1 aromatic heterocycles. The molecule has 0 saturated heterocycles. The summed E-state index contributed by atoms with van der Waals surface area (Å²) in [5.74, 6) is 0.732. The quantitative estimate of drug-likeness (QED) is 0.942. The summed E-state index contributed by atoms with van der Waals surface area (Å²) in [6, 6.07) is 4.49. The van der Waals surface area contributed by atoms with E-state index in [-0.39, 0.29) is 6.61 Å². The second-order valence-electron chi connectivity index (χ2n) is 4.44. The number of aryl methyl sites for hydroxylation is 1. The lowest BCUT2D eigenvalue weighted by Crippen LogP contribution is -2.06. The summed E-state index contributed by atoms with van der Waals surface area (Å²) in [4.78, 5) is 4.49. The van der Waals surface area contributed by atoms with E-state index in [2.05, 4.69) is 58.4 Å². The zero-order chi connectivity index (χ0) is 12.6. The van der Waals surface area contributed by atoms with E-state index in [4.69, 9.17) is 0 Å². The average molecular weight is 297 g/mol. The molecule has 0 unspecified atom stereocenters. The lowest BCUT2D eigenvalue weighted by atomic mass is 10.1. The maximum absolute atomic E-state index is 9.37. The van der Waals surface area contributed by atoms with Crippen molar-refractivity contribution in [3.63, 3.8) is 0 Å². The molecule has 2 rings (SSSR count). The molecule has 0 fully saturated rings. The number of aliphatic hydroxyl groups is 1. The standard InChI is InChI=1S/C13H17BrN2O/c1-4-9-5-11-12(6-10(9)14)16(8(2)3)13(7-17)15-11/h5-6,8,17H,4,7H2,1-3H3. The highest BCUT2D eigenvalue weighted by molar-refractivity contribution is 9.10. The minimum Gasteiger partial charge on any atom is -0.388 e. The van der Waals surface area contributed by atoms with Gasteiger partial charge in [-0.1, -0.05) is 22.9 Å². The van der Waals surface area contributed by atoms with Crippen LogP contribution in [0.1, 0.15) is 38.2 Å². The Bertz CT molecular complexity index is 546. The molecule has 0 bridgehead atoms. The number of hydrogen-bond acceptors (Lipinski definition) is 2. The van der Waals surface area contributed by atoms with E-state index in [1.165, 1.54) is 5.56 Å². The number of nitrogens with zero attached hydrogens (tertiary/aromatic N) is 2. The number of rotatable bonds is 3. The molecule has 0 amide bonds. The van der Waals surface area contributed by atoms with Crippen LogP contribution in [0.5, 0.6) is 0 Å². The molecule has 3 nitrogen and oxygen atoms in total. The fraction of sp³-hybridized carbons (Fsp3) is 0.462. The van der Waals surface area contributed by atoms with Gasteiger partial charge in [0.2, 0.25) is 0 Å². The van der Waals surface area contributed by atoms with Crippen LogP contribution in [-0.4, -0.2) is 14.7 Å². The van der Waals surface area contributed by atoms with E-state index in [0.717, 1.165) is 27.8 Å². The first-order chi connectivity index (χ1) is 8.08. The maximum atomic E-state index is 9.37. The number of hydrogen-bond donors (Lipinski definition) is 1. The number of fused-ring (bicyclic) bond motifs is 1. The Labute approximate surface area is 110 Å². The average Bonchev–Trinajstić information content (AvgIpc) is 2.65. The van der Waals surface area contributed by atoms with E-state index in [0.29, 0.717) is 6.04 Å². The number of benzene rings is 1. The molecule has 0 spiro atoms. The van der Waals surface area contributed by atoms with Gasteiger partial charge >= 0.3 is 0 Å². The van der Waals surface area contributed by atoms with Gasteiger partial charge in [0.1, 0.15) is 12.4 Å². The Kier molecular flexibility index (Phi) is 3.54. The molecule has 0 aliphatic carbocycles. The lowest BCUT2D eigenvalue weighted by Gasteiger charge is -2.12. The number of halogens is 1. The lowest BCUT2D eigenvalue weighted by molar-refractivity contribution is 0.263. The van der Waals surface area contributed by atoms with Crippen molar-refractivity contribution in [3.8, 4) is 0 Å². The van der Waals surface area contributed by atoms with Gasteiger partial charge < -0.3 is 9.67 Å². The van der Waals surface area contributed by atoms with E-state index in [9.17, 15) is 5.11 Å². The SMILES string of the molecule is CCc1cc2nc(CO)n(C(C)C)c2cc1Br. The van der Waals surface area contributed by atoms with E-state index >= 15 is 0 Å². The van der Waals surface area contributed by atoms with Gasteiger partial charge in [0, 0.05) is 10.5 Å². The van der Waals surface area contributed by atoms with Crippen molar-refractivity contribution in [1.29, 1.82) is 0 Å². The van der Waals surface area contributed by atoms with Crippen LogP contribution in [0.4, 0.5) is 0 Å². The Morgan fingerprint density at radius 2 is 2.12 bits per heavy atom. The molecular formula is C13H17BrN2O. The molecular weight excluding hydrogens is 280 g/mol. The van der Waals surface area contributed by atoms with Crippen LogP contribution in [0, 0.1) is 0 Å². The van der Waals surface area contributed by atoms with Crippen LogP contribution in [0.3, 0.4) is 0 Å². The predicted octanol–water partition coefficient (Wildman–Crippen LogP) is 3.43. The van der Waals surface area contributed by atoms with Crippen LogP contribution in [0.15, 0.2) is 16.6 Å². The van der Waals surface area contributed by atoms with Gasteiger partial charge in [-0.3, -0.25) is 0 Å². The molecule has 0 atom stereocenters. The third kappa shape index (κ3) is 2.11. The minimum absolute atomic E-state index is 0.0219. The zero-order valence-corrected chi connectivity index (χ0v) is 12.0. The third-order valence-corrected chi connectivity index (χ3v) is 3.71. The van der Waals surface area contributed by atoms with Crippen molar-refractivity contribution in [2.24, 2.45) is 0 Å². The van der Waals surface area contributed by atoms with Crippen LogP contribution in [-0.2, 0) is 13.0 Å². The molecule has 0 aliphatic heterocycles. The Balaban J connectivity index is 2.75. The summed E-state index contributed by atoms with van der Waals surface area (Å²) in [5.41, 5.74) is 3.28. The van der Waals surface area contributed by atoms with Crippen molar-refractivity contribution in [3.05, 3.63) is 28.0 Å².